The van der Waals surface area contributed by atoms with Crippen LogP contribution >= 0.6 is 0 Å². The van der Waals surface area contributed by atoms with Gasteiger partial charge in [-0.3, -0.25) is 4.99 Å². The van der Waals surface area contributed by atoms with Crippen LogP contribution in [-0.2, 0) is 4.74 Å². The molecule has 2 aliphatic rings. The van der Waals surface area contributed by atoms with Crippen molar-refractivity contribution < 1.29 is 4.74 Å². The van der Waals surface area contributed by atoms with Crippen molar-refractivity contribution in [2.45, 2.75) is 18.6 Å². The second kappa shape index (κ2) is 3.23. The number of hydrogen-bond donors (Lipinski definition) is 0. The van der Waals surface area contributed by atoms with Crippen LogP contribution in [0.2, 0.25) is 0 Å². The maximum Gasteiger partial charge on any atom is 0.0861 e. The third-order valence-electron chi connectivity index (χ3n) is 2.48. The van der Waals surface area contributed by atoms with Crippen molar-refractivity contribution in [2.24, 2.45) is 10.9 Å². The van der Waals surface area contributed by atoms with Gasteiger partial charge in [-0.05, 0) is 12.5 Å². The molecule has 2 heteroatoms. The molecule has 0 aromatic rings. The van der Waals surface area contributed by atoms with Crippen LogP contribution in [0, 0.1) is 5.92 Å². The predicted octanol–water partition coefficient (Wildman–Crippen LogP) is 1.59. The summed E-state index contributed by atoms with van der Waals surface area (Å²) in [5.41, 5.74) is 0. The van der Waals surface area contributed by atoms with Crippen molar-refractivity contribution in [2.75, 3.05) is 7.11 Å². The molecule has 0 amide bonds. The summed E-state index contributed by atoms with van der Waals surface area (Å²) in [6.45, 7) is 0. The SMILES string of the molecule is COC1CC=CC2C=CC=NC21. The Morgan fingerprint density at radius 1 is 1.42 bits per heavy atom. The van der Waals surface area contributed by atoms with Crippen molar-refractivity contribution in [3.05, 3.63) is 24.3 Å². The van der Waals surface area contributed by atoms with E-state index in [1.54, 1.807) is 7.11 Å². The van der Waals surface area contributed by atoms with Gasteiger partial charge in [-0.25, -0.2) is 0 Å². The average molecular weight is 163 g/mol. The summed E-state index contributed by atoms with van der Waals surface area (Å²) >= 11 is 0. The normalized spacial score (nSPS) is 38.2. The lowest BCUT2D eigenvalue weighted by Gasteiger charge is -2.30. The van der Waals surface area contributed by atoms with Crippen LogP contribution < -0.4 is 0 Å². The van der Waals surface area contributed by atoms with Gasteiger partial charge in [0.15, 0.2) is 0 Å². The summed E-state index contributed by atoms with van der Waals surface area (Å²) < 4.78 is 5.36. The van der Waals surface area contributed by atoms with E-state index in [1.807, 2.05) is 12.3 Å². The van der Waals surface area contributed by atoms with Crippen molar-refractivity contribution in [3.63, 3.8) is 0 Å². The van der Waals surface area contributed by atoms with Gasteiger partial charge in [0.2, 0.25) is 0 Å². The van der Waals surface area contributed by atoms with Crippen LogP contribution in [0.3, 0.4) is 0 Å². The number of aliphatic imine (C=N–C) groups is 1. The molecule has 12 heavy (non-hydrogen) atoms. The van der Waals surface area contributed by atoms with Crippen LogP contribution in [-0.4, -0.2) is 25.5 Å². The quantitative estimate of drug-likeness (QED) is 0.538. The van der Waals surface area contributed by atoms with Gasteiger partial charge in [-0.2, -0.15) is 0 Å². The van der Waals surface area contributed by atoms with Crippen molar-refractivity contribution in [1.82, 2.24) is 0 Å². The standard InChI is InChI=1S/C10H13NO/c1-12-9-6-2-4-8-5-3-7-11-10(8)9/h2-5,7-10H,6H2,1H3. The summed E-state index contributed by atoms with van der Waals surface area (Å²) in [6.07, 6.45) is 11.7. The molecule has 0 fully saturated rings. The molecular formula is C10H13NO. The number of allylic oxidation sites excluding steroid dienone is 1. The summed E-state index contributed by atoms with van der Waals surface area (Å²) in [4.78, 5) is 4.42. The van der Waals surface area contributed by atoms with Crippen molar-refractivity contribution >= 4 is 6.21 Å². The van der Waals surface area contributed by atoms with E-state index in [0.29, 0.717) is 12.0 Å². The third kappa shape index (κ3) is 1.23. The Morgan fingerprint density at radius 3 is 3.17 bits per heavy atom. The lowest BCUT2D eigenvalue weighted by Crippen LogP contribution is -2.35. The Bertz CT molecular complexity index is 242. The minimum absolute atomic E-state index is 0.265. The van der Waals surface area contributed by atoms with E-state index >= 15 is 0 Å². The summed E-state index contributed by atoms with van der Waals surface area (Å²) in [7, 11) is 1.76. The lowest BCUT2D eigenvalue weighted by molar-refractivity contribution is 0.0718. The van der Waals surface area contributed by atoms with Crippen LogP contribution in [0.4, 0.5) is 0 Å². The summed E-state index contributed by atoms with van der Waals surface area (Å²) in [5.74, 6) is 0.452. The molecule has 0 aromatic heterocycles. The highest BCUT2D eigenvalue weighted by atomic mass is 16.5. The Balaban J connectivity index is 2.20. The van der Waals surface area contributed by atoms with Crippen LogP contribution in [0.1, 0.15) is 6.42 Å². The molecule has 0 aromatic carbocycles. The number of hydrogen-bond acceptors (Lipinski definition) is 2. The van der Waals surface area contributed by atoms with Crippen molar-refractivity contribution in [1.29, 1.82) is 0 Å². The number of methoxy groups -OCH3 is 1. The molecule has 0 saturated carbocycles. The van der Waals surface area contributed by atoms with Gasteiger partial charge in [0.25, 0.3) is 0 Å². The number of rotatable bonds is 1. The Hall–Kier alpha value is -0.890. The van der Waals surface area contributed by atoms with E-state index in [4.69, 9.17) is 4.74 Å². The van der Waals surface area contributed by atoms with Crippen LogP contribution in [0.5, 0.6) is 0 Å². The molecule has 3 unspecified atom stereocenters. The highest BCUT2D eigenvalue weighted by Gasteiger charge is 2.28. The number of fused-ring (bicyclic) bond motifs is 1. The minimum Gasteiger partial charge on any atom is -0.379 e. The first-order chi connectivity index (χ1) is 5.92. The van der Waals surface area contributed by atoms with E-state index in [0.717, 1.165) is 6.42 Å². The fraction of sp³-hybridized carbons (Fsp3) is 0.500. The molecule has 3 atom stereocenters. The Kier molecular flexibility index (Phi) is 2.09. The van der Waals surface area contributed by atoms with E-state index in [-0.39, 0.29) is 6.10 Å². The second-order valence-corrected chi connectivity index (χ2v) is 3.19. The van der Waals surface area contributed by atoms with Gasteiger partial charge in [0, 0.05) is 19.2 Å². The molecular weight excluding hydrogens is 150 g/mol. The van der Waals surface area contributed by atoms with Gasteiger partial charge in [-0.1, -0.05) is 18.2 Å². The van der Waals surface area contributed by atoms with Gasteiger partial charge in [-0.15, -0.1) is 0 Å². The molecule has 64 valence electrons. The molecule has 0 radical (unpaired) electrons. The van der Waals surface area contributed by atoms with E-state index in [2.05, 4.69) is 23.2 Å². The molecule has 1 heterocycles. The number of ether oxygens (including phenoxy) is 1. The molecule has 2 nitrogen and oxygen atoms in total. The van der Waals surface area contributed by atoms with E-state index in [1.165, 1.54) is 0 Å². The minimum atomic E-state index is 0.265. The van der Waals surface area contributed by atoms with Crippen LogP contribution in [0.25, 0.3) is 0 Å². The number of nitrogens with zero attached hydrogens (tertiary/aromatic N) is 1. The molecule has 0 bridgehead atoms. The van der Waals surface area contributed by atoms with Gasteiger partial charge >= 0.3 is 0 Å². The monoisotopic (exact) mass is 163 g/mol. The van der Waals surface area contributed by atoms with Gasteiger partial charge in [0.1, 0.15) is 0 Å². The van der Waals surface area contributed by atoms with Gasteiger partial charge in [0.05, 0.1) is 12.1 Å². The summed E-state index contributed by atoms with van der Waals surface area (Å²) in [5, 5.41) is 0. The predicted molar refractivity (Wildman–Crippen MR) is 49.5 cm³/mol. The average Bonchev–Trinajstić information content (AvgIpc) is 2.17. The zero-order chi connectivity index (χ0) is 8.39. The lowest BCUT2D eigenvalue weighted by atomic mass is 9.87. The fourth-order valence-corrected chi connectivity index (χ4v) is 1.81. The fourth-order valence-electron chi connectivity index (χ4n) is 1.81. The molecule has 1 aliphatic heterocycles. The highest BCUT2D eigenvalue weighted by Crippen LogP contribution is 2.26. The zero-order valence-corrected chi connectivity index (χ0v) is 7.18. The Morgan fingerprint density at radius 2 is 2.33 bits per heavy atom. The molecule has 0 spiro atoms. The molecule has 2 rings (SSSR count). The van der Waals surface area contributed by atoms with Crippen molar-refractivity contribution in [3.8, 4) is 0 Å². The smallest absolute Gasteiger partial charge is 0.0861 e. The summed E-state index contributed by atoms with van der Waals surface area (Å²) in [6, 6.07) is 0.310. The van der Waals surface area contributed by atoms with Crippen LogP contribution in [0.15, 0.2) is 29.3 Å². The van der Waals surface area contributed by atoms with E-state index < -0.39 is 0 Å². The van der Waals surface area contributed by atoms with E-state index in [9.17, 15) is 0 Å². The third-order valence-corrected chi connectivity index (χ3v) is 2.48. The number of dihydropyridines is 1. The first-order valence-electron chi connectivity index (χ1n) is 4.31. The highest BCUT2D eigenvalue weighted by molar-refractivity contribution is 5.72. The zero-order valence-electron chi connectivity index (χ0n) is 7.18. The molecule has 0 N–H and O–H groups in total. The second-order valence-electron chi connectivity index (χ2n) is 3.19. The largest absolute Gasteiger partial charge is 0.379 e. The van der Waals surface area contributed by atoms with Gasteiger partial charge < -0.3 is 4.74 Å². The topological polar surface area (TPSA) is 21.6 Å². The maximum absolute atomic E-state index is 5.36. The first-order valence-corrected chi connectivity index (χ1v) is 4.31. The maximum atomic E-state index is 5.36. The molecule has 1 aliphatic carbocycles. The first kappa shape index (κ1) is 7.74. The molecule has 0 saturated heterocycles. The Labute approximate surface area is 72.6 Å².